The lowest BCUT2D eigenvalue weighted by Crippen LogP contribution is -3.10. The first kappa shape index (κ1) is 18.8. The number of fused-ring (bicyclic) bond motifs is 2. The Balaban J connectivity index is 1.48. The first-order chi connectivity index (χ1) is 15.3. The maximum Gasteiger partial charge on any atom is 0.258 e. The third kappa shape index (κ3) is 3.27. The van der Waals surface area contributed by atoms with E-state index >= 15 is 0 Å². The quantitative estimate of drug-likeness (QED) is 0.660. The fourth-order valence-corrected chi connectivity index (χ4v) is 5.46. The Morgan fingerprint density at radius 1 is 1.03 bits per heavy atom. The summed E-state index contributed by atoms with van der Waals surface area (Å²) in [7, 11) is 0. The second kappa shape index (κ2) is 7.64. The molecule has 0 unspecified atom stereocenters. The molecular formula is C22H27N6O3+. The van der Waals surface area contributed by atoms with Crippen LogP contribution in [-0.2, 0) is 0 Å². The number of aromatic amines is 1. The van der Waals surface area contributed by atoms with E-state index in [9.17, 15) is 4.79 Å². The van der Waals surface area contributed by atoms with Crippen LogP contribution in [0.4, 0.5) is 0 Å². The molecule has 0 radical (unpaired) electrons. The van der Waals surface area contributed by atoms with Crippen molar-refractivity contribution in [2.45, 2.75) is 57.0 Å². The number of quaternary nitrogens is 1. The molecule has 1 aliphatic carbocycles. The zero-order valence-corrected chi connectivity index (χ0v) is 17.5. The van der Waals surface area contributed by atoms with E-state index in [0.29, 0.717) is 17.5 Å². The molecule has 9 nitrogen and oxygen atoms in total. The van der Waals surface area contributed by atoms with Gasteiger partial charge in [-0.05, 0) is 35.4 Å². The molecule has 1 saturated heterocycles. The molecule has 6 rings (SSSR count). The third-order valence-corrected chi connectivity index (χ3v) is 7.03. The van der Waals surface area contributed by atoms with E-state index in [4.69, 9.17) is 9.47 Å². The molecule has 0 amide bonds. The topological polar surface area (TPSA) is 99.4 Å². The Kier molecular flexibility index (Phi) is 4.63. The molecule has 1 aromatic carbocycles. The van der Waals surface area contributed by atoms with Crippen molar-refractivity contribution in [3.8, 4) is 11.5 Å². The van der Waals surface area contributed by atoms with Crippen LogP contribution >= 0.6 is 0 Å². The average Bonchev–Trinajstić information content (AvgIpc) is 3.56. The van der Waals surface area contributed by atoms with E-state index in [1.165, 1.54) is 24.2 Å². The van der Waals surface area contributed by atoms with Gasteiger partial charge in [0.1, 0.15) is 0 Å². The number of tetrazole rings is 1. The molecular weight excluding hydrogens is 396 g/mol. The van der Waals surface area contributed by atoms with Crippen LogP contribution in [0.3, 0.4) is 0 Å². The highest BCUT2D eigenvalue weighted by molar-refractivity contribution is 5.83. The van der Waals surface area contributed by atoms with Crippen molar-refractivity contribution < 1.29 is 14.4 Å². The smallest absolute Gasteiger partial charge is 0.258 e. The number of ether oxygens (including phenoxy) is 2. The van der Waals surface area contributed by atoms with Gasteiger partial charge in [-0.2, -0.15) is 0 Å². The van der Waals surface area contributed by atoms with Crippen molar-refractivity contribution in [3.63, 3.8) is 0 Å². The molecule has 4 heterocycles. The summed E-state index contributed by atoms with van der Waals surface area (Å²) in [6.07, 6.45) is 8.18. The van der Waals surface area contributed by atoms with Crippen molar-refractivity contribution in [3.05, 3.63) is 39.9 Å². The number of rotatable bonds is 4. The van der Waals surface area contributed by atoms with Gasteiger partial charge in [0, 0.05) is 24.3 Å². The number of pyridine rings is 1. The Morgan fingerprint density at radius 3 is 2.61 bits per heavy atom. The molecule has 3 aliphatic rings. The highest BCUT2D eigenvalue weighted by Gasteiger charge is 2.37. The summed E-state index contributed by atoms with van der Waals surface area (Å²) in [6, 6.07) is 5.91. The van der Waals surface area contributed by atoms with Crippen LogP contribution in [0.5, 0.6) is 11.5 Å². The van der Waals surface area contributed by atoms with Crippen LogP contribution < -0.4 is 19.9 Å². The van der Waals surface area contributed by atoms with Crippen molar-refractivity contribution in [2.24, 2.45) is 0 Å². The number of aromatic nitrogens is 5. The zero-order chi connectivity index (χ0) is 20.8. The lowest BCUT2D eigenvalue weighted by molar-refractivity contribution is -0.914. The number of nitrogens with one attached hydrogen (secondary N) is 2. The number of hydrogen-bond donors (Lipinski definition) is 2. The number of benzene rings is 1. The van der Waals surface area contributed by atoms with E-state index in [1.54, 1.807) is 0 Å². The van der Waals surface area contributed by atoms with E-state index in [2.05, 4.69) is 20.5 Å². The molecule has 3 aromatic rings. The molecule has 0 bridgehead atoms. The minimum atomic E-state index is -0.182. The molecule has 2 fully saturated rings. The van der Waals surface area contributed by atoms with Gasteiger partial charge in [-0.1, -0.05) is 19.3 Å². The monoisotopic (exact) mass is 423 g/mol. The van der Waals surface area contributed by atoms with Crippen LogP contribution in [0.25, 0.3) is 10.9 Å². The number of nitrogens with zero attached hydrogens (tertiary/aromatic N) is 4. The fourth-order valence-electron chi connectivity index (χ4n) is 5.46. The second-order valence-corrected chi connectivity index (χ2v) is 8.92. The highest BCUT2D eigenvalue weighted by Crippen LogP contribution is 2.36. The summed E-state index contributed by atoms with van der Waals surface area (Å²) >= 11 is 0. The largest absolute Gasteiger partial charge is 0.454 e. The van der Waals surface area contributed by atoms with E-state index in [-0.39, 0.29) is 18.4 Å². The first-order valence-corrected chi connectivity index (χ1v) is 11.4. The lowest BCUT2D eigenvalue weighted by Gasteiger charge is -2.27. The normalized spacial score (nSPS) is 20.5. The van der Waals surface area contributed by atoms with E-state index in [1.807, 2.05) is 22.9 Å². The molecule has 2 aliphatic heterocycles. The lowest BCUT2D eigenvalue weighted by atomic mass is 9.95. The molecule has 2 aromatic heterocycles. The number of likely N-dealkylation sites (tertiary alicyclic amines) is 1. The van der Waals surface area contributed by atoms with Gasteiger partial charge >= 0.3 is 0 Å². The van der Waals surface area contributed by atoms with Gasteiger partial charge in [0.2, 0.25) is 12.6 Å². The van der Waals surface area contributed by atoms with Crippen LogP contribution in [0, 0.1) is 0 Å². The molecule has 9 heteroatoms. The molecule has 0 spiro atoms. The van der Waals surface area contributed by atoms with Crippen molar-refractivity contribution in [1.82, 2.24) is 25.2 Å². The van der Waals surface area contributed by atoms with Crippen LogP contribution in [0.1, 0.15) is 68.4 Å². The summed E-state index contributed by atoms with van der Waals surface area (Å²) in [4.78, 5) is 17.7. The highest BCUT2D eigenvalue weighted by atomic mass is 16.7. The summed E-state index contributed by atoms with van der Waals surface area (Å²) in [5.41, 5.74) is 1.38. The average molecular weight is 423 g/mol. The number of H-pyrrole nitrogens is 1. The van der Waals surface area contributed by atoms with Crippen molar-refractivity contribution in [2.75, 3.05) is 19.9 Å². The predicted octanol–water partition coefficient (Wildman–Crippen LogP) is 1.52. The molecule has 162 valence electrons. The SMILES string of the molecule is O=c1[nH]c2cc3c(cc2cc1[C@@H](c1nnnn1C1CCCCC1)[NH+]1CCCC1)OCO3. The zero-order valence-electron chi connectivity index (χ0n) is 17.5. The summed E-state index contributed by atoms with van der Waals surface area (Å²) in [6.45, 7) is 2.24. The fraction of sp³-hybridized carbons (Fsp3) is 0.545. The van der Waals surface area contributed by atoms with Crippen molar-refractivity contribution in [1.29, 1.82) is 0 Å². The Hall–Kier alpha value is -2.94. The maximum absolute atomic E-state index is 13.3. The van der Waals surface area contributed by atoms with Gasteiger partial charge in [0.25, 0.3) is 5.56 Å². The molecule has 2 N–H and O–H groups in total. The molecule has 1 atom stereocenters. The second-order valence-electron chi connectivity index (χ2n) is 8.92. The van der Waals surface area contributed by atoms with E-state index in [0.717, 1.165) is 61.1 Å². The van der Waals surface area contributed by atoms with Gasteiger partial charge < -0.3 is 19.4 Å². The van der Waals surface area contributed by atoms with Crippen LogP contribution in [-0.4, -0.2) is 45.1 Å². The molecule has 1 saturated carbocycles. The predicted molar refractivity (Wildman–Crippen MR) is 112 cm³/mol. The van der Waals surface area contributed by atoms with Gasteiger partial charge in [-0.15, -0.1) is 5.10 Å². The minimum Gasteiger partial charge on any atom is -0.454 e. The minimum absolute atomic E-state index is 0.0889. The summed E-state index contributed by atoms with van der Waals surface area (Å²) in [5, 5.41) is 13.9. The van der Waals surface area contributed by atoms with E-state index < -0.39 is 0 Å². The van der Waals surface area contributed by atoms with Crippen LogP contribution in [0.2, 0.25) is 0 Å². The van der Waals surface area contributed by atoms with Crippen LogP contribution in [0.15, 0.2) is 23.0 Å². The Bertz CT molecular complexity index is 1160. The van der Waals surface area contributed by atoms with Gasteiger partial charge in [-0.3, -0.25) is 4.79 Å². The summed E-state index contributed by atoms with van der Waals surface area (Å²) in [5.74, 6) is 2.19. The van der Waals surface area contributed by atoms with Gasteiger partial charge in [0.05, 0.1) is 30.2 Å². The standard InChI is InChI=1S/C22H26N6O3/c29-22-16(10-14-11-18-19(31-13-30-18)12-17(14)23-22)20(27-8-4-5-9-27)21-24-25-26-28(21)15-6-2-1-3-7-15/h10-12,15,20H,1-9,13H2,(H,23,29)/p+1/t20-/m0/s1. The van der Waals surface area contributed by atoms with Gasteiger partial charge in [0.15, 0.2) is 17.5 Å². The third-order valence-electron chi connectivity index (χ3n) is 7.03. The maximum atomic E-state index is 13.3. The molecule has 31 heavy (non-hydrogen) atoms. The Morgan fingerprint density at radius 2 is 1.81 bits per heavy atom. The van der Waals surface area contributed by atoms with Gasteiger partial charge in [-0.25, -0.2) is 4.68 Å². The first-order valence-electron chi connectivity index (χ1n) is 11.4. The van der Waals surface area contributed by atoms with Crippen molar-refractivity contribution >= 4 is 10.9 Å². The number of hydrogen-bond acceptors (Lipinski definition) is 6. The Labute approximate surface area is 179 Å². The summed E-state index contributed by atoms with van der Waals surface area (Å²) < 4.78 is 13.0.